The largest absolute Gasteiger partial charge is 0.476 e. The second-order valence-corrected chi connectivity index (χ2v) is 9.62. The van der Waals surface area contributed by atoms with Crippen LogP contribution >= 0.6 is 0 Å². The van der Waals surface area contributed by atoms with Gasteiger partial charge in [-0.25, -0.2) is 8.42 Å². The van der Waals surface area contributed by atoms with Crippen LogP contribution in [-0.4, -0.2) is 27.0 Å². The first-order valence-corrected chi connectivity index (χ1v) is 12.2. The van der Waals surface area contributed by atoms with Gasteiger partial charge in [0.1, 0.15) is 5.75 Å². The molecule has 3 aromatic rings. The van der Waals surface area contributed by atoms with E-state index in [1.165, 1.54) is 4.31 Å². The Morgan fingerprint density at radius 1 is 1.00 bits per heavy atom. The van der Waals surface area contributed by atoms with Crippen molar-refractivity contribution in [2.45, 2.75) is 31.2 Å². The minimum absolute atomic E-state index is 0.0801. The number of amides is 1. The molecule has 7 heteroatoms. The van der Waals surface area contributed by atoms with E-state index < -0.39 is 16.1 Å². The molecule has 0 bridgehead atoms. The molecule has 0 aromatic heterocycles. The molecular weight excluding hydrogens is 424 g/mol. The molecule has 1 N–H and O–H groups in total. The van der Waals surface area contributed by atoms with Crippen LogP contribution < -0.4 is 14.4 Å². The number of nitrogens with one attached hydrogen (secondary N) is 1. The zero-order chi connectivity index (χ0) is 22.6. The lowest BCUT2D eigenvalue weighted by atomic mass is 10.0. The van der Waals surface area contributed by atoms with Crippen LogP contribution in [0.4, 0.5) is 5.69 Å². The number of carbonyl (C=O) groups is 1. The fourth-order valence-corrected chi connectivity index (χ4v) is 5.42. The molecule has 4 rings (SSSR count). The molecule has 0 unspecified atom stereocenters. The van der Waals surface area contributed by atoms with E-state index in [1.807, 2.05) is 55.5 Å². The zero-order valence-electron chi connectivity index (χ0n) is 17.8. The predicted octanol–water partition coefficient (Wildman–Crippen LogP) is 4.05. The molecule has 0 spiro atoms. The lowest BCUT2D eigenvalue weighted by molar-refractivity contribution is -0.128. The van der Waals surface area contributed by atoms with E-state index in [9.17, 15) is 13.2 Å². The molecule has 0 saturated heterocycles. The number of fused-ring (bicyclic) bond motifs is 1. The maximum atomic E-state index is 13.3. The fraction of sp³-hybridized carbons (Fsp3) is 0.240. The monoisotopic (exact) mass is 450 g/mol. The van der Waals surface area contributed by atoms with Crippen LogP contribution in [0.1, 0.15) is 30.5 Å². The van der Waals surface area contributed by atoms with E-state index in [2.05, 4.69) is 5.32 Å². The number of rotatable bonds is 7. The number of carbonyl (C=O) groups excluding carboxylic acids is 1. The average molecular weight is 451 g/mol. The summed E-state index contributed by atoms with van der Waals surface area (Å²) in [6.07, 6.45) is -0.247. The van der Waals surface area contributed by atoms with Crippen LogP contribution in [0, 0.1) is 0 Å². The molecule has 1 heterocycles. The molecule has 1 amide bonds. The van der Waals surface area contributed by atoms with Crippen LogP contribution in [0.2, 0.25) is 0 Å². The first-order chi connectivity index (χ1) is 15.5. The predicted molar refractivity (Wildman–Crippen MR) is 125 cm³/mol. The molecule has 0 aliphatic carbocycles. The number of hydrogen-bond acceptors (Lipinski definition) is 4. The number of benzene rings is 3. The van der Waals surface area contributed by atoms with Gasteiger partial charge in [-0.2, -0.15) is 0 Å². The first kappa shape index (κ1) is 21.9. The Kier molecular flexibility index (Phi) is 6.46. The van der Waals surface area contributed by atoms with Crippen LogP contribution in [0.25, 0.3) is 0 Å². The van der Waals surface area contributed by atoms with Crippen molar-refractivity contribution in [1.29, 1.82) is 0 Å². The Balaban J connectivity index is 1.58. The maximum absolute atomic E-state index is 13.3. The van der Waals surface area contributed by atoms with E-state index in [1.54, 1.807) is 36.4 Å². The van der Waals surface area contributed by atoms with Gasteiger partial charge in [-0.15, -0.1) is 0 Å². The SMILES string of the molecule is CC[C@H](NC(=O)[C@H]1CN(S(=O)(=O)Cc2ccccc2)c2ccccc2O1)c1ccccc1. The number of sulfonamides is 1. The molecule has 32 heavy (non-hydrogen) atoms. The van der Waals surface area contributed by atoms with E-state index in [-0.39, 0.29) is 24.2 Å². The number of para-hydroxylation sites is 2. The molecule has 0 saturated carbocycles. The second kappa shape index (κ2) is 9.44. The molecule has 3 aromatic carbocycles. The highest BCUT2D eigenvalue weighted by Gasteiger charge is 2.37. The van der Waals surface area contributed by atoms with Crippen molar-refractivity contribution in [3.05, 3.63) is 96.1 Å². The summed E-state index contributed by atoms with van der Waals surface area (Å²) in [7, 11) is -3.73. The van der Waals surface area contributed by atoms with E-state index in [0.29, 0.717) is 23.4 Å². The minimum atomic E-state index is -3.73. The number of ether oxygens (including phenoxy) is 1. The molecule has 2 atom stereocenters. The van der Waals surface area contributed by atoms with Gasteiger partial charge in [0, 0.05) is 0 Å². The Hall–Kier alpha value is -3.32. The number of hydrogen-bond donors (Lipinski definition) is 1. The van der Waals surface area contributed by atoms with Crippen LogP contribution in [0.5, 0.6) is 5.75 Å². The highest BCUT2D eigenvalue weighted by Crippen LogP contribution is 2.36. The standard InChI is InChI=1S/C25H26N2O4S/c1-2-21(20-13-7-4-8-14-20)26-25(28)24-17-27(22-15-9-10-16-23(22)31-24)32(29,30)18-19-11-5-3-6-12-19/h3-16,21,24H,2,17-18H2,1H3,(H,26,28)/t21-,24+/m0/s1. The summed E-state index contributed by atoms with van der Waals surface area (Å²) in [6, 6.07) is 25.4. The normalized spacial score (nSPS) is 16.5. The second-order valence-electron chi connectivity index (χ2n) is 7.73. The van der Waals surface area contributed by atoms with Gasteiger partial charge in [0.25, 0.3) is 5.91 Å². The van der Waals surface area contributed by atoms with Gasteiger partial charge in [0.2, 0.25) is 10.0 Å². The van der Waals surface area contributed by atoms with Crippen LogP contribution in [0.15, 0.2) is 84.9 Å². The quantitative estimate of drug-likeness (QED) is 0.589. The van der Waals surface area contributed by atoms with Crippen molar-refractivity contribution in [2.75, 3.05) is 10.8 Å². The third-order valence-corrected chi connectivity index (χ3v) is 7.20. The highest BCUT2D eigenvalue weighted by atomic mass is 32.2. The molecule has 0 fully saturated rings. The van der Waals surface area contributed by atoms with Crippen molar-refractivity contribution in [1.82, 2.24) is 5.32 Å². The van der Waals surface area contributed by atoms with Crippen LogP contribution in [0.3, 0.4) is 0 Å². The molecular formula is C25H26N2O4S. The van der Waals surface area contributed by atoms with Gasteiger partial charge in [-0.3, -0.25) is 9.10 Å². The topological polar surface area (TPSA) is 75.7 Å². The van der Waals surface area contributed by atoms with Gasteiger partial charge in [-0.1, -0.05) is 79.7 Å². The third kappa shape index (κ3) is 4.78. The van der Waals surface area contributed by atoms with Crippen molar-refractivity contribution in [3.8, 4) is 5.75 Å². The smallest absolute Gasteiger partial charge is 0.263 e. The lowest BCUT2D eigenvalue weighted by Crippen LogP contribution is -2.51. The van der Waals surface area contributed by atoms with Crippen molar-refractivity contribution >= 4 is 21.6 Å². The van der Waals surface area contributed by atoms with Gasteiger partial charge in [-0.05, 0) is 29.7 Å². The maximum Gasteiger partial charge on any atom is 0.263 e. The molecule has 1 aliphatic rings. The third-order valence-electron chi connectivity index (χ3n) is 5.48. The Bertz CT molecular complexity index is 1170. The number of nitrogens with zero attached hydrogens (tertiary/aromatic N) is 1. The summed E-state index contributed by atoms with van der Waals surface area (Å²) in [5.74, 6) is -0.114. The van der Waals surface area contributed by atoms with Gasteiger partial charge >= 0.3 is 0 Å². The van der Waals surface area contributed by atoms with Crippen molar-refractivity contribution in [2.24, 2.45) is 0 Å². The average Bonchev–Trinajstić information content (AvgIpc) is 2.82. The Labute approximate surface area is 188 Å². The summed E-state index contributed by atoms with van der Waals surface area (Å²) < 4.78 is 33.9. The minimum Gasteiger partial charge on any atom is -0.476 e. The summed E-state index contributed by atoms with van der Waals surface area (Å²) in [4.78, 5) is 13.1. The number of anilines is 1. The molecule has 1 aliphatic heterocycles. The molecule has 166 valence electrons. The summed E-state index contributed by atoms with van der Waals surface area (Å²) in [5.41, 5.74) is 2.13. The Morgan fingerprint density at radius 2 is 1.62 bits per heavy atom. The van der Waals surface area contributed by atoms with E-state index in [4.69, 9.17) is 4.74 Å². The summed E-state index contributed by atoms with van der Waals surface area (Å²) in [6.45, 7) is 1.91. The highest BCUT2D eigenvalue weighted by molar-refractivity contribution is 7.92. The lowest BCUT2D eigenvalue weighted by Gasteiger charge is -2.35. The fourth-order valence-electron chi connectivity index (χ4n) is 3.84. The van der Waals surface area contributed by atoms with Gasteiger partial charge in [0.05, 0.1) is 24.0 Å². The van der Waals surface area contributed by atoms with Crippen molar-refractivity contribution < 1.29 is 17.9 Å². The van der Waals surface area contributed by atoms with E-state index in [0.717, 1.165) is 5.56 Å². The first-order valence-electron chi connectivity index (χ1n) is 10.6. The summed E-state index contributed by atoms with van der Waals surface area (Å²) >= 11 is 0. The van der Waals surface area contributed by atoms with Gasteiger partial charge < -0.3 is 10.1 Å². The molecule has 6 nitrogen and oxygen atoms in total. The van der Waals surface area contributed by atoms with Crippen LogP contribution in [-0.2, 0) is 20.6 Å². The van der Waals surface area contributed by atoms with E-state index >= 15 is 0 Å². The van der Waals surface area contributed by atoms with Gasteiger partial charge in [0.15, 0.2) is 6.10 Å². The summed E-state index contributed by atoms with van der Waals surface area (Å²) in [5, 5.41) is 3.02. The zero-order valence-corrected chi connectivity index (χ0v) is 18.7. The Morgan fingerprint density at radius 3 is 2.31 bits per heavy atom. The molecule has 0 radical (unpaired) electrons. The van der Waals surface area contributed by atoms with Crippen molar-refractivity contribution in [3.63, 3.8) is 0 Å².